The number of aromatic nitrogens is 1. The van der Waals surface area contributed by atoms with E-state index in [1.807, 2.05) is 32.0 Å². The van der Waals surface area contributed by atoms with Gasteiger partial charge in [0.2, 0.25) is 0 Å². The fraction of sp³-hybridized carbons (Fsp3) is 0.267. The van der Waals surface area contributed by atoms with E-state index in [2.05, 4.69) is 10.3 Å². The molecular weight excluding hydrogens is 246 g/mol. The van der Waals surface area contributed by atoms with Crippen LogP contribution in [0.15, 0.2) is 36.4 Å². The fourth-order valence-corrected chi connectivity index (χ4v) is 1.90. The second kappa shape index (κ2) is 5.89. The van der Waals surface area contributed by atoms with Crippen molar-refractivity contribution in [3.05, 3.63) is 65.0 Å². The van der Waals surface area contributed by atoms with E-state index in [1.165, 1.54) is 12.1 Å². The summed E-state index contributed by atoms with van der Waals surface area (Å²) in [6.45, 7) is 4.35. The lowest BCUT2D eigenvalue weighted by Crippen LogP contribution is -2.19. The number of halogens is 2. The fourth-order valence-electron chi connectivity index (χ4n) is 1.90. The zero-order valence-electron chi connectivity index (χ0n) is 11.0. The van der Waals surface area contributed by atoms with Crippen LogP contribution in [-0.4, -0.2) is 4.98 Å². The third-order valence-corrected chi connectivity index (χ3v) is 2.92. The van der Waals surface area contributed by atoms with Gasteiger partial charge in [-0.2, -0.15) is 0 Å². The van der Waals surface area contributed by atoms with Crippen molar-refractivity contribution in [1.82, 2.24) is 10.3 Å². The smallest absolute Gasteiger partial charge is 0.126 e. The molecule has 0 saturated carbocycles. The quantitative estimate of drug-likeness (QED) is 0.912. The summed E-state index contributed by atoms with van der Waals surface area (Å²) in [5.41, 5.74) is 2.44. The lowest BCUT2D eigenvalue weighted by molar-refractivity contribution is 0.542. The molecule has 0 amide bonds. The minimum Gasteiger partial charge on any atom is -0.305 e. The van der Waals surface area contributed by atoms with E-state index < -0.39 is 11.6 Å². The highest BCUT2D eigenvalue weighted by atomic mass is 19.1. The molecule has 0 fully saturated rings. The van der Waals surface area contributed by atoms with Crippen molar-refractivity contribution in [1.29, 1.82) is 0 Å². The Labute approximate surface area is 111 Å². The number of benzene rings is 1. The Morgan fingerprint density at radius 1 is 1.16 bits per heavy atom. The van der Waals surface area contributed by atoms with Gasteiger partial charge in [0.05, 0.1) is 5.69 Å². The summed E-state index contributed by atoms with van der Waals surface area (Å²) >= 11 is 0. The molecule has 1 unspecified atom stereocenters. The monoisotopic (exact) mass is 262 g/mol. The summed E-state index contributed by atoms with van der Waals surface area (Å²) in [6, 6.07) is 9.18. The number of nitrogens with zero attached hydrogens (tertiary/aromatic N) is 1. The Morgan fingerprint density at radius 2 is 1.84 bits per heavy atom. The summed E-state index contributed by atoms with van der Waals surface area (Å²) in [5, 5.41) is 3.20. The molecule has 0 spiro atoms. The Kier molecular flexibility index (Phi) is 4.22. The molecule has 2 rings (SSSR count). The summed E-state index contributed by atoms with van der Waals surface area (Å²) in [5.74, 6) is -1.12. The first kappa shape index (κ1) is 13.6. The molecule has 1 aromatic heterocycles. The lowest BCUT2D eigenvalue weighted by Gasteiger charge is -2.14. The topological polar surface area (TPSA) is 24.9 Å². The zero-order chi connectivity index (χ0) is 13.8. The highest BCUT2D eigenvalue weighted by Crippen LogP contribution is 2.16. The standard InChI is InChI=1S/C15H16F2N2/c1-10-4-3-5-15(19-10)9-18-11(2)12-6-13(16)8-14(17)7-12/h3-8,11,18H,9H2,1-2H3. The molecule has 1 aromatic carbocycles. The van der Waals surface area contributed by atoms with Crippen LogP contribution < -0.4 is 5.32 Å². The SMILES string of the molecule is Cc1cccc(CNC(C)c2cc(F)cc(F)c2)n1. The molecule has 0 bridgehead atoms. The van der Waals surface area contributed by atoms with Crippen LogP contribution in [0, 0.1) is 18.6 Å². The molecular formula is C15H16F2N2. The number of hydrogen-bond donors (Lipinski definition) is 1. The van der Waals surface area contributed by atoms with Gasteiger partial charge in [0, 0.05) is 24.3 Å². The van der Waals surface area contributed by atoms with E-state index in [-0.39, 0.29) is 6.04 Å². The Balaban J connectivity index is 2.03. The molecule has 0 aliphatic heterocycles. The van der Waals surface area contributed by atoms with Crippen molar-refractivity contribution in [2.45, 2.75) is 26.4 Å². The van der Waals surface area contributed by atoms with E-state index in [9.17, 15) is 8.78 Å². The molecule has 0 aliphatic carbocycles. The molecule has 0 aliphatic rings. The van der Waals surface area contributed by atoms with Crippen molar-refractivity contribution in [3.8, 4) is 0 Å². The van der Waals surface area contributed by atoms with Crippen LogP contribution in [0.2, 0.25) is 0 Å². The van der Waals surface area contributed by atoms with Crippen LogP contribution in [0.5, 0.6) is 0 Å². The second-order valence-electron chi connectivity index (χ2n) is 4.58. The van der Waals surface area contributed by atoms with Gasteiger partial charge in [0.15, 0.2) is 0 Å². The average molecular weight is 262 g/mol. The molecule has 4 heteroatoms. The molecule has 1 heterocycles. The van der Waals surface area contributed by atoms with E-state index in [0.717, 1.165) is 17.5 Å². The molecule has 1 N–H and O–H groups in total. The summed E-state index contributed by atoms with van der Waals surface area (Å²) in [7, 11) is 0. The van der Waals surface area contributed by atoms with Crippen LogP contribution in [-0.2, 0) is 6.54 Å². The van der Waals surface area contributed by atoms with Gasteiger partial charge >= 0.3 is 0 Å². The molecule has 2 aromatic rings. The highest BCUT2D eigenvalue weighted by molar-refractivity contribution is 5.21. The Hall–Kier alpha value is -1.81. The van der Waals surface area contributed by atoms with Crippen LogP contribution in [0.4, 0.5) is 8.78 Å². The maximum absolute atomic E-state index is 13.1. The van der Waals surface area contributed by atoms with Gasteiger partial charge in [-0.05, 0) is 43.7 Å². The predicted octanol–water partition coefficient (Wildman–Crippen LogP) is 3.52. The zero-order valence-corrected chi connectivity index (χ0v) is 11.0. The van der Waals surface area contributed by atoms with Gasteiger partial charge in [0.25, 0.3) is 0 Å². The van der Waals surface area contributed by atoms with Crippen molar-refractivity contribution in [2.24, 2.45) is 0 Å². The number of aryl methyl sites for hydroxylation is 1. The lowest BCUT2D eigenvalue weighted by atomic mass is 10.1. The first-order valence-corrected chi connectivity index (χ1v) is 6.16. The second-order valence-corrected chi connectivity index (χ2v) is 4.58. The number of rotatable bonds is 4. The van der Waals surface area contributed by atoms with Gasteiger partial charge < -0.3 is 5.32 Å². The first-order chi connectivity index (χ1) is 9.04. The summed E-state index contributed by atoms with van der Waals surface area (Å²) in [6.07, 6.45) is 0. The Bertz CT molecular complexity index is 550. The minimum atomic E-state index is -0.558. The third kappa shape index (κ3) is 3.83. The van der Waals surface area contributed by atoms with Gasteiger partial charge in [-0.25, -0.2) is 8.78 Å². The number of hydrogen-bond acceptors (Lipinski definition) is 2. The maximum atomic E-state index is 13.1. The predicted molar refractivity (Wildman–Crippen MR) is 70.6 cm³/mol. The molecule has 100 valence electrons. The van der Waals surface area contributed by atoms with Crippen LogP contribution in [0.3, 0.4) is 0 Å². The molecule has 2 nitrogen and oxygen atoms in total. The van der Waals surface area contributed by atoms with Gasteiger partial charge in [-0.3, -0.25) is 4.98 Å². The molecule has 0 radical (unpaired) electrons. The molecule has 1 atom stereocenters. The van der Waals surface area contributed by atoms with Crippen molar-refractivity contribution in [3.63, 3.8) is 0 Å². The number of pyridine rings is 1. The number of nitrogens with one attached hydrogen (secondary N) is 1. The van der Waals surface area contributed by atoms with Crippen LogP contribution in [0.25, 0.3) is 0 Å². The molecule has 19 heavy (non-hydrogen) atoms. The van der Waals surface area contributed by atoms with E-state index in [4.69, 9.17) is 0 Å². The Morgan fingerprint density at radius 3 is 2.47 bits per heavy atom. The third-order valence-electron chi connectivity index (χ3n) is 2.92. The summed E-state index contributed by atoms with van der Waals surface area (Å²) in [4.78, 5) is 4.36. The normalized spacial score (nSPS) is 12.4. The average Bonchev–Trinajstić information content (AvgIpc) is 2.35. The first-order valence-electron chi connectivity index (χ1n) is 6.16. The van der Waals surface area contributed by atoms with E-state index in [0.29, 0.717) is 12.1 Å². The van der Waals surface area contributed by atoms with E-state index >= 15 is 0 Å². The summed E-state index contributed by atoms with van der Waals surface area (Å²) < 4.78 is 26.2. The molecule has 0 saturated heterocycles. The van der Waals surface area contributed by atoms with Crippen molar-refractivity contribution >= 4 is 0 Å². The van der Waals surface area contributed by atoms with Gasteiger partial charge in [0.1, 0.15) is 11.6 Å². The van der Waals surface area contributed by atoms with Crippen molar-refractivity contribution < 1.29 is 8.78 Å². The highest BCUT2D eigenvalue weighted by Gasteiger charge is 2.08. The minimum absolute atomic E-state index is 0.146. The largest absolute Gasteiger partial charge is 0.305 e. The van der Waals surface area contributed by atoms with Crippen molar-refractivity contribution in [2.75, 3.05) is 0 Å². The van der Waals surface area contributed by atoms with E-state index in [1.54, 1.807) is 0 Å². The van der Waals surface area contributed by atoms with Gasteiger partial charge in [-0.1, -0.05) is 6.07 Å². The van der Waals surface area contributed by atoms with Gasteiger partial charge in [-0.15, -0.1) is 0 Å². The van der Waals surface area contributed by atoms with Crippen LogP contribution in [0.1, 0.15) is 29.9 Å². The van der Waals surface area contributed by atoms with Crippen LogP contribution >= 0.6 is 0 Å². The maximum Gasteiger partial charge on any atom is 0.126 e.